The highest BCUT2D eigenvalue weighted by Crippen LogP contribution is 2.30. The number of nitrogens with one attached hydrogen (secondary N) is 1. The minimum atomic E-state index is -0.322. The van der Waals surface area contributed by atoms with Crippen LogP contribution in [0.2, 0.25) is 0 Å². The molecule has 2 aromatic carbocycles. The molecule has 0 amide bonds. The third-order valence-electron chi connectivity index (χ3n) is 3.58. The molecule has 21 heavy (non-hydrogen) atoms. The highest BCUT2D eigenvalue weighted by molar-refractivity contribution is 9.10. The normalized spacial score (nSPS) is 11.3. The Morgan fingerprint density at radius 2 is 1.86 bits per heavy atom. The third-order valence-corrected chi connectivity index (χ3v) is 4.07. The number of fused-ring (bicyclic) bond motifs is 2. The number of hydrogen-bond donors (Lipinski definition) is 1. The Hall–Kier alpha value is -2.33. The summed E-state index contributed by atoms with van der Waals surface area (Å²) >= 11 is 3.44. The number of benzene rings is 2. The molecule has 0 aliphatic carbocycles. The lowest BCUT2D eigenvalue weighted by molar-refractivity contribution is 0.563. The van der Waals surface area contributed by atoms with Crippen LogP contribution in [0.1, 0.15) is 0 Å². The van der Waals surface area contributed by atoms with Crippen LogP contribution < -0.4 is 5.63 Å². The Morgan fingerprint density at radius 1 is 1.00 bits per heavy atom. The van der Waals surface area contributed by atoms with Crippen molar-refractivity contribution < 1.29 is 4.42 Å². The predicted molar refractivity (Wildman–Crippen MR) is 87.5 cm³/mol. The van der Waals surface area contributed by atoms with Gasteiger partial charge in [0.15, 0.2) is 0 Å². The summed E-state index contributed by atoms with van der Waals surface area (Å²) in [7, 11) is 0. The van der Waals surface area contributed by atoms with Gasteiger partial charge in [-0.3, -0.25) is 0 Å². The maximum atomic E-state index is 12.3. The van der Waals surface area contributed by atoms with Gasteiger partial charge < -0.3 is 9.40 Å². The molecule has 0 bridgehead atoms. The van der Waals surface area contributed by atoms with Gasteiger partial charge in [0, 0.05) is 32.5 Å². The molecule has 0 aliphatic rings. The van der Waals surface area contributed by atoms with E-state index in [0.29, 0.717) is 11.1 Å². The second-order valence-electron chi connectivity index (χ2n) is 4.88. The van der Waals surface area contributed by atoms with Crippen molar-refractivity contribution in [1.29, 1.82) is 0 Å². The number of H-pyrrole nitrogens is 1. The van der Waals surface area contributed by atoms with E-state index in [2.05, 4.69) is 20.9 Å². The highest BCUT2D eigenvalue weighted by Gasteiger charge is 2.12. The van der Waals surface area contributed by atoms with Gasteiger partial charge in [-0.2, -0.15) is 0 Å². The summed E-state index contributed by atoms with van der Waals surface area (Å²) in [6.07, 6.45) is 1.85. The zero-order chi connectivity index (χ0) is 14.4. The van der Waals surface area contributed by atoms with Crippen LogP contribution in [-0.4, -0.2) is 4.98 Å². The molecule has 4 heteroatoms. The SMILES string of the molecule is O=c1oc2ccccc2cc1-c1c[nH]c2cc(Br)ccc12. The molecule has 2 aromatic heterocycles. The number of para-hydroxylation sites is 1. The van der Waals surface area contributed by atoms with Gasteiger partial charge in [-0.05, 0) is 24.3 Å². The van der Waals surface area contributed by atoms with Gasteiger partial charge in [0.05, 0.1) is 5.56 Å². The van der Waals surface area contributed by atoms with E-state index in [9.17, 15) is 4.79 Å². The lowest BCUT2D eigenvalue weighted by Gasteiger charge is -2.01. The first kappa shape index (κ1) is 12.4. The van der Waals surface area contributed by atoms with Crippen molar-refractivity contribution in [3.05, 3.63) is 69.6 Å². The summed E-state index contributed by atoms with van der Waals surface area (Å²) in [5.74, 6) is 0. The molecule has 0 unspecified atom stereocenters. The molecule has 4 aromatic rings. The standard InChI is InChI=1S/C17H10BrNO2/c18-11-5-6-12-14(9-19-15(12)8-11)13-7-10-3-1-2-4-16(10)21-17(13)20/h1-9,19H. The van der Waals surface area contributed by atoms with E-state index < -0.39 is 0 Å². The van der Waals surface area contributed by atoms with Crippen molar-refractivity contribution in [2.45, 2.75) is 0 Å². The summed E-state index contributed by atoms with van der Waals surface area (Å²) in [6.45, 7) is 0. The van der Waals surface area contributed by atoms with Crippen molar-refractivity contribution in [2.24, 2.45) is 0 Å². The number of halogens is 1. The largest absolute Gasteiger partial charge is 0.422 e. The molecular formula is C17H10BrNO2. The van der Waals surface area contributed by atoms with Crippen LogP contribution in [0.5, 0.6) is 0 Å². The zero-order valence-electron chi connectivity index (χ0n) is 10.9. The molecule has 0 aliphatic heterocycles. The lowest BCUT2D eigenvalue weighted by Crippen LogP contribution is -2.02. The second-order valence-corrected chi connectivity index (χ2v) is 5.79. The molecule has 102 valence electrons. The maximum absolute atomic E-state index is 12.3. The van der Waals surface area contributed by atoms with Crippen LogP contribution in [0.4, 0.5) is 0 Å². The fraction of sp³-hybridized carbons (Fsp3) is 0. The first-order valence-electron chi connectivity index (χ1n) is 6.52. The number of aromatic nitrogens is 1. The van der Waals surface area contributed by atoms with Crippen molar-refractivity contribution in [2.75, 3.05) is 0 Å². The van der Waals surface area contributed by atoms with Gasteiger partial charge in [-0.15, -0.1) is 0 Å². The molecule has 1 N–H and O–H groups in total. The minimum Gasteiger partial charge on any atom is -0.422 e. The molecule has 3 nitrogen and oxygen atoms in total. The Kier molecular flexibility index (Phi) is 2.72. The molecule has 0 fully saturated rings. The van der Waals surface area contributed by atoms with Gasteiger partial charge in [0.25, 0.3) is 0 Å². The number of aromatic amines is 1. The first-order valence-corrected chi connectivity index (χ1v) is 7.31. The lowest BCUT2D eigenvalue weighted by atomic mass is 10.1. The fourth-order valence-corrected chi connectivity index (χ4v) is 2.93. The zero-order valence-corrected chi connectivity index (χ0v) is 12.5. The van der Waals surface area contributed by atoms with Crippen LogP contribution in [0.15, 0.2) is 68.4 Å². The Labute approximate surface area is 128 Å². The Balaban J connectivity index is 2.04. The van der Waals surface area contributed by atoms with Gasteiger partial charge in [0.1, 0.15) is 5.58 Å². The molecule has 0 atom stereocenters. The number of rotatable bonds is 1. The van der Waals surface area contributed by atoms with Crippen LogP contribution in [-0.2, 0) is 0 Å². The molecule has 2 heterocycles. The monoisotopic (exact) mass is 339 g/mol. The quantitative estimate of drug-likeness (QED) is 0.510. The third kappa shape index (κ3) is 1.99. The average molecular weight is 340 g/mol. The van der Waals surface area contributed by atoms with Crippen LogP contribution in [0, 0.1) is 0 Å². The van der Waals surface area contributed by atoms with Crippen molar-refractivity contribution in [3.63, 3.8) is 0 Å². The molecule has 0 saturated carbocycles. The molecule has 0 saturated heterocycles. The Bertz CT molecular complexity index is 1030. The topological polar surface area (TPSA) is 46.0 Å². The molecular weight excluding hydrogens is 330 g/mol. The molecule has 0 spiro atoms. The number of hydrogen-bond acceptors (Lipinski definition) is 2. The molecule has 4 rings (SSSR count). The van der Waals surface area contributed by atoms with Crippen molar-refractivity contribution in [1.82, 2.24) is 4.98 Å². The van der Waals surface area contributed by atoms with Gasteiger partial charge in [-0.25, -0.2) is 4.79 Å². The average Bonchev–Trinajstić information content (AvgIpc) is 2.89. The van der Waals surface area contributed by atoms with Crippen LogP contribution >= 0.6 is 15.9 Å². The van der Waals surface area contributed by atoms with Gasteiger partial charge >= 0.3 is 5.63 Å². The molecule has 0 radical (unpaired) electrons. The first-order chi connectivity index (χ1) is 10.2. The van der Waals surface area contributed by atoms with Crippen LogP contribution in [0.3, 0.4) is 0 Å². The van der Waals surface area contributed by atoms with E-state index in [1.807, 2.05) is 48.7 Å². The van der Waals surface area contributed by atoms with E-state index in [4.69, 9.17) is 4.42 Å². The summed E-state index contributed by atoms with van der Waals surface area (Å²) in [5.41, 5.74) is 2.69. The Morgan fingerprint density at radius 3 is 2.76 bits per heavy atom. The van der Waals surface area contributed by atoms with Gasteiger partial charge in [0.2, 0.25) is 0 Å². The predicted octanol–water partition coefficient (Wildman–Crippen LogP) is 4.70. The summed E-state index contributed by atoms with van der Waals surface area (Å²) in [5, 5.41) is 1.92. The van der Waals surface area contributed by atoms with E-state index in [0.717, 1.165) is 26.3 Å². The summed E-state index contributed by atoms with van der Waals surface area (Å²) in [4.78, 5) is 15.4. The van der Waals surface area contributed by atoms with Crippen LogP contribution in [0.25, 0.3) is 33.0 Å². The minimum absolute atomic E-state index is 0.322. The van der Waals surface area contributed by atoms with E-state index in [-0.39, 0.29) is 5.63 Å². The fourth-order valence-electron chi connectivity index (χ4n) is 2.57. The van der Waals surface area contributed by atoms with E-state index in [1.54, 1.807) is 6.07 Å². The van der Waals surface area contributed by atoms with Crippen molar-refractivity contribution in [3.8, 4) is 11.1 Å². The van der Waals surface area contributed by atoms with E-state index >= 15 is 0 Å². The summed E-state index contributed by atoms with van der Waals surface area (Å²) in [6, 6.07) is 15.3. The second kappa shape index (κ2) is 4.60. The van der Waals surface area contributed by atoms with E-state index in [1.165, 1.54) is 0 Å². The highest BCUT2D eigenvalue weighted by atomic mass is 79.9. The smallest absolute Gasteiger partial charge is 0.344 e. The van der Waals surface area contributed by atoms with Gasteiger partial charge in [-0.1, -0.05) is 40.2 Å². The summed E-state index contributed by atoms with van der Waals surface area (Å²) < 4.78 is 6.40. The van der Waals surface area contributed by atoms with Crippen molar-refractivity contribution >= 4 is 37.8 Å². The maximum Gasteiger partial charge on any atom is 0.344 e.